The van der Waals surface area contributed by atoms with Gasteiger partial charge in [-0.05, 0) is 124 Å². The number of ether oxygens (including phenoxy) is 2. The summed E-state index contributed by atoms with van der Waals surface area (Å²) in [4.78, 5) is 56.4. The van der Waals surface area contributed by atoms with E-state index in [1.807, 2.05) is 53.7 Å². The van der Waals surface area contributed by atoms with Crippen LogP contribution in [0.3, 0.4) is 0 Å². The van der Waals surface area contributed by atoms with Crippen LogP contribution in [0.1, 0.15) is 112 Å². The van der Waals surface area contributed by atoms with Crippen molar-refractivity contribution in [2.24, 2.45) is 22.7 Å². The maximum atomic E-state index is 13.4. The van der Waals surface area contributed by atoms with Crippen LogP contribution in [0.2, 0.25) is 0 Å². The first-order valence-corrected chi connectivity index (χ1v) is 16.2. The SMILES string of the molecule is CC(C)(C)OC(=O)N1CCCCC1CCC1(C(=O)O)C2C=CC(C2)C1(CCC1CCCCN1C(=O)OC(C)(C)C)C(=O)O. The van der Waals surface area contributed by atoms with Crippen LogP contribution in [0.5, 0.6) is 0 Å². The Bertz CT molecular complexity index is 1020. The second kappa shape index (κ2) is 12.3. The lowest BCUT2D eigenvalue weighted by Gasteiger charge is -2.48. The molecule has 10 nitrogen and oxygen atoms in total. The quantitative estimate of drug-likeness (QED) is 0.301. The number of piperidine rings is 2. The summed E-state index contributed by atoms with van der Waals surface area (Å²) >= 11 is 0. The van der Waals surface area contributed by atoms with Crippen LogP contribution in [0.15, 0.2) is 12.2 Å². The van der Waals surface area contributed by atoms with E-state index in [0.29, 0.717) is 32.4 Å². The summed E-state index contributed by atoms with van der Waals surface area (Å²) in [5.41, 5.74) is -4.33. The number of aliphatic carboxylic acids is 2. The summed E-state index contributed by atoms with van der Waals surface area (Å²) in [6, 6.07) is -0.425. The van der Waals surface area contributed by atoms with E-state index in [4.69, 9.17) is 9.47 Å². The van der Waals surface area contributed by atoms with Gasteiger partial charge >= 0.3 is 24.1 Å². The standard InChI is InChI=1S/C33H52N2O8/c1-30(2,3)42-28(40)34-19-9-7-11-24(34)15-17-32(26(36)37)22-13-14-23(21-22)33(32,27(38)39)18-16-25-12-8-10-20-35(25)29(41)43-31(4,5)6/h13-14,22-25H,7-12,15-21H2,1-6H3,(H,36,37)(H,38,39). The van der Waals surface area contributed by atoms with Gasteiger partial charge in [0, 0.05) is 25.2 Å². The maximum Gasteiger partial charge on any atom is 0.410 e. The fraction of sp³-hybridized carbons (Fsp3) is 0.818. The summed E-state index contributed by atoms with van der Waals surface area (Å²) in [5, 5.41) is 21.9. The molecule has 10 heteroatoms. The van der Waals surface area contributed by atoms with Crippen LogP contribution in [-0.4, -0.2) is 80.5 Å². The van der Waals surface area contributed by atoms with E-state index in [-0.39, 0.29) is 24.9 Å². The van der Waals surface area contributed by atoms with Crippen LogP contribution < -0.4 is 0 Å². The van der Waals surface area contributed by atoms with Gasteiger partial charge in [0.25, 0.3) is 0 Å². The molecule has 2 bridgehead atoms. The largest absolute Gasteiger partial charge is 0.481 e. The Balaban J connectivity index is 1.60. The molecule has 2 aliphatic carbocycles. The summed E-state index contributed by atoms with van der Waals surface area (Å²) in [7, 11) is 0. The number of carboxylic acids is 2. The number of carboxylic acid groups (broad SMARTS) is 2. The third kappa shape index (κ3) is 6.53. The van der Waals surface area contributed by atoms with Crippen molar-refractivity contribution in [2.45, 2.75) is 135 Å². The Morgan fingerprint density at radius 3 is 1.40 bits per heavy atom. The van der Waals surface area contributed by atoms with Gasteiger partial charge in [-0.15, -0.1) is 0 Å². The molecule has 0 aromatic rings. The minimum atomic E-state index is -1.51. The van der Waals surface area contributed by atoms with Gasteiger partial charge in [0.2, 0.25) is 0 Å². The van der Waals surface area contributed by atoms with Crippen LogP contribution >= 0.6 is 0 Å². The highest BCUT2D eigenvalue weighted by molar-refractivity contribution is 5.89. The van der Waals surface area contributed by atoms with Crippen molar-refractivity contribution >= 4 is 24.1 Å². The number of allylic oxidation sites excluding steroid dienone is 2. The van der Waals surface area contributed by atoms with Crippen molar-refractivity contribution in [3.05, 3.63) is 12.2 Å². The lowest BCUT2D eigenvalue weighted by molar-refractivity contribution is -0.179. The second-order valence-corrected chi connectivity index (χ2v) is 15.1. The van der Waals surface area contributed by atoms with E-state index in [9.17, 15) is 29.4 Å². The Hall–Kier alpha value is -2.78. The lowest BCUT2D eigenvalue weighted by atomic mass is 9.53. The zero-order valence-electron chi connectivity index (χ0n) is 26.9. The Kier molecular flexibility index (Phi) is 9.48. The number of rotatable bonds is 8. The number of likely N-dealkylation sites (tertiary alicyclic amines) is 2. The first kappa shape index (κ1) is 33.1. The summed E-state index contributed by atoms with van der Waals surface area (Å²) < 4.78 is 11.3. The number of amides is 2. The number of carbonyl (C=O) groups is 4. The van der Waals surface area contributed by atoms with Gasteiger partial charge in [0.1, 0.15) is 11.2 Å². The molecule has 0 radical (unpaired) electrons. The summed E-state index contributed by atoms with van der Waals surface area (Å²) in [6.45, 7) is 12.0. The van der Waals surface area contributed by atoms with E-state index >= 15 is 0 Å². The molecule has 3 fully saturated rings. The number of carbonyl (C=O) groups excluding carboxylic acids is 2. The highest BCUT2D eigenvalue weighted by atomic mass is 16.6. The highest BCUT2D eigenvalue weighted by Gasteiger charge is 2.72. The third-order valence-corrected chi connectivity index (χ3v) is 10.2. The second-order valence-electron chi connectivity index (χ2n) is 15.1. The van der Waals surface area contributed by atoms with Crippen LogP contribution in [0.25, 0.3) is 0 Å². The van der Waals surface area contributed by atoms with E-state index in [0.717, 1.165) is 38.5 Å². The zero-order valence-corrected chi connectivity index (χ0v) is 26.9. The molecule has 242 valence electrons. The fourth-order valence-corrected chi connectivity index (χ4v) is 8.33. The van der Waals surface area contributed by atoms with Crippen molar-refractivity contribution in [2.75, 3.05) is 13.1 Å². The monoisotopic (exact) mass is 604 g/mol. The number of nitrogens with zero attached hydrogens (tertiary/aromatic N) is 2. The van der Waals surface area contributed by atoms with E-state index in [1.54, 1.807) is 9.80 Å². The Morgan fingerprint density at radius 2 is 1.07 bits per heavy atom. The van der Waals surface area contributed by atoms with Gasteiger partial charge < -0.3 is 29.5 Å². The zero-order chi connectivity index (χ0) is 31.8. The van der Waals surface area contributed by atoms with Crippen molar-refractivity contribution in [3.8, 4) is 0 Å². The molecule has 2 amide bonds. The molecular weight excluding hydrogens is 552 g/mol. The smallest absolute Gasteiger partial charge is 0.410 e. The van der Waals surface area contributed by atoms with Crippen LogP contribution in [0, 0.1) is 22.7 Å². The van der Waals surface area contributed by atoms with Gasteiger partial charge in [-0.25, -0.2) is 9.59 Å². The van der Waals surface area contributed by atoms with Crippen molar-refractivity contribution in [1.29, 1.82) is 0 Å². The molecule has 6 unspecified atom stereocenters. The molecule has 0 aromatic heterocycles. The van der Waals surface area contributed by atoms with E-state index in [2.05, 4.69) is 0 Å². The van der Waals surface area contributed by atoms with E-state index in [1.165, 1.54) is 0 Å². The number of hydrogen-bond donors (Lipinski definition) is 2. The van der Waals surface area contributed by atoms with Gasteiger partial charge in [-0.2, -0.15) is 0 Å². The van der Waals surface area contributed by atoms with Crippen molar-refractivity contribution in [1.82, 2.24) is 9.80 Å². The molecule has 0 aromatic carbocycles. The summed E-state index contributed by atoms with van der Waals surface area (Å²) in [5.74, 6) is -2.98. The molecule has 4 aliphatic rings. The molecule has 2 saturated heterocycles. The highest BCUT2D eigenvalue weighted by Crippen LogP contribution is 2.68. The number of hydrogen-bond acceptors (Lipinski definition) is 6. The fourth-order valence-electron chi connectivity index (χ4n) is 8.33. The van der Waals surface area contributed by atoms with Gasteiger partial charge in [0.05, 0.1) is 10.8 Å². The predicted octanol–water partition coefficient (Wildman–Crippen LogP) is 6.47. The normalized spacial score (nSPS) is 32.5. The average molecular weight is 605 g/mol. The molecule has 6 atom stereocenters. The Labute approximate surface area is 256 Å². The molecule has 2 aliphatic heterocycles. The lowest BCUT2D eigenvalue weighted by Crippen LogP contribution is -2.57. The molecule has 2 heterocycles. The minimum absolute atomic E-state index is 0.157. The van der Waals surface area contributed by atoms with Gasteiger partial charge in [-0.3, -0.25) is 9.59 Å². The molecule has 2 N–H and O–H groups in total. The summed E-state index contributed by atoms with van der Waals surface area (Å²) in [6.07, 6.45) is 9.58. The van der Waals surface area contributed by atoms with E-state index < -0.39 is 58.0 Å². The first-order valence-electron chi connectivity index (χ1n) is 16.2. The van der Waals surface area contributed by atoms with Crippen LogP contribution in [-0.2, 0) is 19.1 Å². The van der Waals surface area contributed by atoms with Crippen molar-refractivity contribution < 1.29 is 38.9 Å². The molecule has 4 rings (SSSR count). The van der Waals surface area contributed by atoms with Crippen molar-refractivity contribution in [3.63, 3.8) is 0 Å². The van der Waals surface area contributed by atoms with Gasteiger partial charge in [-0.1, -0.05) is 12.2 Å². The number of fused-ring (bicyclic) bond motifs is 2. The van der Waals surface area contributed by atoms with Crippen LogP contribution in [0.4, 0.5) is 9.59 Å². The maximum absolute atomic E-state index is 13.4. The topological polar surface area (TPSA) is 134 Å². The molecule has 0 spiro atoms. The molecule has 1 saturated carbocycles. The molecule has 43 heavy (non-hydrogen) atoms. The molecular formula is C33H52N2O8. The minimum Gasteiger partial charge on any atom is -0.481 e. The third-order valence-electron chi connectivity index (χ3n) is 10.2. The predicted molar refractivity (Wildman–Crippen MR) is 161 cm³/mol. The first-order chi connectivity index (χ1) is 20.0. The van der Waals surface area contributed by atoms with Gasteiger partial charge in [0.15, 0.2) is 0 Å². The average Bonchev–Trinajstić information content (AvgIpc) is 3.49. The Morgan fingerprint density at radius 1 is 0.698 bits per heavy atom.